The molecule has 0 aromatic heterocycles. The molecule has 2 nitrogen and oxygen atoms in total. The lowest BCUT2D eigenvalue weighted by molar-refractivity contribution is 0.102. The fourth-order valence-electron chi connectivity index (χ4n) is 2.42. The molecule has 1 N–H and O–H groups in total. The SMILES string of the molecule is Cc1cc(C)cc(C(=O)/C(=C/c2ccc(Cl)cc2)CCO)c1. The predicted molar refractivity (Wildman–Crippen MR) is 91.4 cm³/mol. The van der Waals surface area contributed by atoms with Gasteiger partial charge in [0.25, 0.3) is 0 Å². The Labute approximate surface area is 136 Å². The van der Waals surface area contributed by atoms with Gasteiger partial charge in [0.1, 0.15) is 0 Å². The molecule has 2 rings (SSSR count). The molecule has 0 radical (unpaired) electrons. The highest BCUT2D eigenvalue weighted by molar-refractivity contribution is 6.30. The van der Waals surface area contributed by atoms with E-state index in [0.29, 0.717) is 22.6 Å². The van der Waals surface area contributed by atoms with Crippen molar-refractivity contribution in [2.45, 2.75) is 20.3 Å². The second kappa shape index (κ2) is 7.39. The number of carbonyl (C=O) groups is 1. The van der Waals surface area contributed by atoms with Crippen LogP contribution in [-0.4, -0.2) is 17.5 Å². The van der Waals surface area contributed by atoms with Crippen molar-refractivity contribution < 1.29 is 9.90 Å². The lowest BCUT2D eigenvalue weighted by atomic mass is 9.96. The van der Waals surface area contributed by atoms with Crippen LogP contribution in [0.25, 0.3) is 6.08 Å². The Morgan fingerprint density at radius 2 is 1.68 bits per heavy atom. The molecule has 0 atom stereocenters. The number of halogens is 1. The molecule has 2 aromatic carbocycles. The third-order valence-corrected chi connectivity index (χ3v) is 3.62. The summed E-state index contributed by atoms with van der Waals surface area (Å²) in [7, 11) is 0. The highest BCUT2D eigenvalue weighted by Gasteiger charge is 2.13. The van der Waals surface area contributed by atoms with Crippen LogP contribution in [0.1, 0.15) is 33.5 Å². The van der Waals surface area contributed by atoms with Gasteiger partial charge in [-0.05, 0) is 56.2 Å². The third-order valence-electron chi connectivity index (χ3n) is 3.37. The zero-order valence-electron chi connectivity index (χ0n) is 12.8. The van der Waals surface area contributed by atoms with Crippen LogP contribution >= 0.6 is 11.6 Å². The highest BCUT2D eigenvalue weighted by Crippen LogP contribution is 2.19. The van der Waals surface area contributed by atoms with Crippen molar-refractivity contribution in [3.8, 4) is 0 Å². The molecule has 22 heavy (non-hydrogen) atoms. The normalized spacial score (nSPS) is 11.5. The van der Waals surface area contributed by atoms with Crippen molar-refractivity contribution in [1.82, 2.24) is 0 Å². The first kappa shape index (κ1) is 16.5. The molecule has 0 fully saturated rings. The van der Waals surface area contributed by atoms with Gasteiger partial charge in [-0.25, -0.2) is 0 Å². The summed E-state index contributed by atoms with van der Waals surface area (Å²) in [5.74, 6) is -0.0456. The zero-order valence-corrected chi connectivity index (χ0v) is 13.5. The van der Waals surface area contributed by atoms with E-state index >= 15 is 0 Å². The Kier molecular flexibility index (Phi) is 5.53. The van der Waals surface area contributed by atoms with Crippen LogP contribution in [0.2, 0.25) is 5.02 Å². The van der Waals surface area contributed by atoms with E-state index in [-0.39, 0.29) is 12.4 Å². The number of Topliss-reactive ketones (excluding diaryl/α,β-unsaturated/α-hetero) is 1. The van der Waals surface area contributed by atoms with E-state index in [2.05, 4.69) is 0 Å². The average Bonchev–Trinajstić information content (AvgIpc) is 2.47. The first-order valence-corrected chi connectivity index (χ1v) is 7.57. The number of ketones is 1. The lowest BCUT2D eigenvalue weighted by Crippen LogP contribution is -2.06. The molecule has 0 saturated heterocycles. The number of aryl methyl sites for hydroxylation is 2. The maximum absolute atomic E-state index is 12.7. The Morgan fingerprint density at radius 3 is 2.23 bits per heavy atom. The van der Waals surface area contributed by atoms with Crippen molar-refractivity contribution in [3.63, 3.8) is 0 Å². The molecule has 0 bridgehead atoms. The summed E-state index contributed by atoms with van der Waals surface area (Å²) in [6, 6.07) is 13.1. The molecular weight excluding hydrogens is 296 g/mol. The van der Waals surface area contributed by atoms with E-state index in [9.17, 15) is 9.90 Å². The van der Waals surface area contributed by atoms with Crippen molar-refractivity contribution in [2.24, 2.45) is 0 Å². The van der Waals surface area contributed by atoms with Gasteiger partial charge in [-0.2, -0.15) is 0 Å². The summed E-state index contributed by atoms with van der Waals surface area (Å²) in [5.41, 5.74) is 4.25. The Hall–Kier alpha value is -1.90. The third kappa shape index (κ3) is 4.30. The van der Waals surface area contributed by atoms with Gasteiger partial charge in [-0.1, -0.05) is 40.9 Å². The minimum Gasteiger partial charge on any atom is -0.396 e. The van der Waals surface area contributed by atoms with Gasteiger partial charge in [0.05, 0.1) is 0 Å². The van der Waals surface area contributed by atoms with Gasteiger partial charge < -0.3 is 5.11 Å². The average molecular weight is 315 g/mol. The van der Waals surface area contributed by atoms with E-state index in [4.69, 9.17) is 11.6 Å². The molecular formula is C19H19ClO2. The van der Waals surface area contributed by atoms with Gasteiger partial charge in [0.2, 0.25) is 0 Å². The van der Waals surface area contributed by atoms with E-state index in [0.717, 1.165) is 16.7 Å². The molecule has 2 aromatic rings. The minimum absolute atomic E-state index is 0.0456. The van der Waals surface area contributed by atoms with Gasteiger partial charge in [-0.15, -0.1) is 0 Å². The molecule has 3 heteroatoms. The number of aliphatic hydroxyl groups is 1. The van der Waals surface area contributed by atoms with Crippen LogP contribution in [-0.2, 0) is 0 Å². The summed E-state index contributed by atoms with van der Waals surface area (Å²) in [6.07, 6.45) is 2.14. The number of hydrogen-bond acceptors (Lipinski definition) is 2. The van der Waals surface area contributed by atoms with Gasteiger partial charge >= 0.3 is 0 Å². The summed E-state index contributed by atoms with van der Waals surface area (Å²) in [5, 5.41) is 9.90. The van der Waals surface area contributed by atoms with Crippen molar-refractivity contribution in [1.29, 1.82) is 0 Å². The summed E-state index contributed by atoms with van der Waals surface area (Å²) in [4.78, 5) is 12.7. The predicted octanol–water partition coefficient (Wildman–Crippen LogP) is 4.61. The number of rotatable bonds is 5. The summed E-state index contributed by atoms with van der Waals surface area (Å²) >= 11 is 5.88. The molecule has 0 heterocycles. The fourth-order valence-corrected chi connectivity index (χ4v) is 2.55. The maximum Gasteiger partial charge on any atom is 0.189 e. The Bertz CT molecular complexity index is 680. The van der Waals surface area contributed by atoms with Crippen molar-refractivity contribution in [2.75, 3.05) is 6.61 Å². The number of aliphatic hydroxyl groups excluding tert-OH is 1. The summed E-state index contributed by atoms with van der Waals surface area (Å²) in [6.45, 7) is 3.88. The second-order valence-electron chi connectivity index (χ2n) is 5.40. The van der Waals surface area contributed by atoms with Gasteiger partial charge in [0.15, 0.2) is 5.78 Å². The van der Waals surface area contributed by atoms with Crippen LogP contribution in [0.4, 0.5) is 0 Å². The zero-order chi connectivity index (χ0) is 16.1. The van der Waals surface area contributed by atoms with Gasteiger partial charge in [-0.3, -0.25) is 4.79 Å². The van der Waals surface area contributed by atoms with E-state index < -0.39 is 0 Å². The second-order valence-corrected chi connectivity index (χ2v) is 5.84. The fraction of sp³-hybridized carbons (Fsp3) is 0.211. The van der Waals surface area contributed by atoms with E-state index in [1.807, 2.05) is 50.3 Å². The van der Waals surface area contributed by atoms with Crippen LogP contribution in [0.3, 0.4) is 0 Å². The highest BCUT2D eigenvalue weighted by atomic mass is 35.5. The first-order chi connectivity index (χ1) is 10.5. The van der Waals surface area contributed by atoms with Crippen LogP contribution in [0.5, 0.6) is 0 Å². The monoisotopic (exact) mass is 314 g/mol. The van der Waals surface area contributed by atoms with Crippen LogP contribution < -0.4 is 0 Å². The largest absolute Gasteiger partial charge is 0.396 e. The molecule has 0 spiro atoms. The molecule has 114 valence electrons. The molecule has 0 saturated carbocycles. The van der Waals surface area contributed by atoms with E-state index in [1.54, 1.807) is 12.1 Å². The smallest absolute Gasteiger partial charge is 0.189 e. The van der Waals surface area contributed by atoms with Crippen molar-refractivity contribution in [3.05, 3.63) is 75.3 Å². The first-order valence-electron chi connectivity index (χ1n) is 7.19. The number of carbonyl (C=O) groups excluding carboxylic acids is 1. The molecule has 0 aliphatic carbocycles. The van der Waals surface area contributed by atoms with E-state index in [1.165, 1.54) is 0 Å². The molecule has 0 amide bonds. The van der Waals surface area contributed by atoms with Crippen LogP contribution in [0, 0.1) is 13.8 Å². The summed E-state index contributed by atoms with van der Waals surface area (Å²) < 4.78 is 0. The topological polar surface area (TPSA) is 37.3 Å². The number of hydrogen-bond donors (Lipinski definition) is 1. The quantitative estimate of drug-likeness (QED) is 0.646. The lowest BCUT2D eigenvalue weighted by Gasteiger charge is -2.08. The molecule has 0 aliphatic rings. The van der Waals surface area contributed by atoms with Crippen molar-refractivity contribution >= 4 is 23.5 Å². The molecule has 0 unspecified atom stereocenters. The Morgan fingerprint density at radius 1 is 1.09 bits per heavy atom. The maximum atomic E-state index is 12.7. The minimum atomic E-state index is -0.0596. The number of benzene rings is 2. The molecule has 0 aliphatic heterocycles. The standard InChI is InChI=1S/C19H19ClO2/c1-13-9-14(2)11-17(10-13)19(22)16(7-8-21)12-15-3-5-18(20)6-4-15/h3-6,9-12,21H,7-8H2,1-2H3/b16-12+. The Balaban J connectivity index is 2.38. The van der Waals surface area contributed by atoms with Gasteiger partial charge in [0, 0.05) is 22.8 Å². The van der Waals surface area contributed by atoms with Crippen LogP contribution in [0.15, 0.2) is 48.0 Å².